The van der Waals surface area contributed by atoms with Crippen molar-refractivity contribution in [1.29, 1.82) is 0 Å². The van der Waals surface area contributed by atoms with Gasteiger partial charge in [0.2, 0.25) is 0 Å². The molecule has 0 N–H and O–H groups in total. The van der Waals surface area contributed by atoms with E-state index < -0.39 is 0 Å². The van der Waals surface area contributed by atoms with E-state index in [0.29, 0.717) is 5.41 Å². The first-order chi connectivity index (χ1) is 10.4. The number of hydrogen-bond donors (Lipinski definition) is 0. The molecule has 1 aliphatic carbocycles. The highest BCUT2D eigenvalue weighted by Gasteiger charge is 2.35. The Hall–Kier alpha value is 1.08. The highest BCUT2D eigenvalue weighted by Crippen LogP contribution is 2.43. The predicted octanol–water partition coefficient (Wildman–Crippen LogP) is 6.61. The standard InChI is InChI=1S/C18H25I3O/c1-4-5-10-22-16-9-7-6-8-15(16)21-17-13(19)11-18(2,3)12-14(17)20/h6-9,13-14H,4-5,10-12H2,1-3H3. The van der Waals surface area contributed by atoms with E-state index in [1.165, 1.54) is 22.8 Å². The normalized spacial score (nSPS) is 24.3. The van der Waals surface area contributed by atoms with E-state index in [4.69, 9.17) is 4.74 Å². The zero-order valence-electron chi connectivity index (χ0n) is 13.5. The van der Waals surface area contributed by atoms with Gasteiger partial charge in [-0.3, -0.25) is 0 Å². The summed E-state index contributed by atoms with van der Waals surface area (Å²) >= 11 is 5.27. The van der Waals surface area contributed by atoms with Gasteiger partial charge in [0.05, 0.1) is 6.61 Å². The molecule has 0 amide bonds. The number of rotatable bonds is 5. The average molecular weight is 638 g/mol. The molecule has 22 heavy (non-hydrogen) atoms. The fourth-order valence-corrected chi connectivity index (χ4v) is 10.9. The molecule has 1 fully saturated rings. The van der Waals surface area contributed by atoms with Crippen molar-refractivity contribution in [3.63, 3.8) is 0 Å². The summed E-state index contributed by atoms with van der Waals surface area (Å²) in [5.41, 5.74) is 0.488. The lowest BCUT2D eigenvalue weighted by atomic mass is 9.77. The second-order valence-corrected chi connectivity index (χ2v) is 12.6. The SMILES string of the molecule is CCCCOc1ccccc1I=C1C(I)CC(C)(C)CC1I. The van der Waals surface area contributed by atoms with Crippen LogP contribution in [0.4, 0.5) is 0 Å². The Bertz CT molecular complexity index is 509. The van der Waals surface area contributed by atoms with Gasteiger partial charge in [-0.1, -0.05) is 105 Å². The number of hydrogen-bond acceptors (Lipinski definition) is 1. The summed E-state index contributed by atoms with van der Waals surface area (Å²) in [4.78, 5) is 0. The van der Waals surface area contributed by atoms with E-state index in [2.05, 4.69) is 90.2 Å². The molecule has 1 aromatic rings. The highest BCUT2D eigenvalue weighted by atomic mass is 127. The topological polar surface area (TPSA) is 9.23 Å². The van der Waals surface area contributed by atoms with Crippen LogP contribution in [0.25, 0.3) is 0 Å². The molecule has 0 spiro atoms. The molecule has 2 unspecified atom stereocenters. The van der Waals surface area contributed by atoms with Crippen LogP contribution in [0.15, 0.2) is 24.3 Å². The van der Waals surface area contributed by atoms with Gasteiger partial charge < -0.3 is 4.74 Å². The molecule has 124 valence electrons. The first-order valence-corrected chi connectivity index (χ1v) is 12.6. The first kappa shape index (κ1) is 19.4. The molecule has 2 rings (SSSR count). The molecule has 0 radical (unpaired) electrons. The van der Waals surface area contributed by atoms with Crippen LogP contribution in [0, 0.1) is 8.99 Å². The Balaban J connectivity index is 2.21. The van der Waals surface area contributed by atoms with Crippen molar-refractivity contribution in [2.45, 2.75) is 54.3 Å². The molecule has 1 aromatic carbocycles. The maximum absolute atomic E-state index is 6.04. The van der Waals surface area contributed by atoms with Crippen LogP contribution in [0.1, 0.15) is 46.5 Å². The van der Waals surface area contributed by atoms with Crippen molar-refractivity contribution in [3.05, 3.63) is 27.8 Å². The van der Waals surface area contributed by atoms with E-state index >= 15 is 0 Å². The number of ether oxygens (including phenoxy) is 1. The Morgan fingerprint density at radius 2 is 1.82 bits per heavy atom. The number of para-hydroxylation sites is 1. The summed E-state index contributed by atoms with van der Waals surface area (Å²) in [5.74, 6) is 1.13. The van der Waals surface area contributed by atoms with Crippen molar-refractivity contribution >= 4 is 69.4 Å². The third-order valence-corrected chi connectivity index (χ3v) is 12.1. The van der Waals surface area contributed by atoms with Gasteiger partial charge in [0.15, 0.2) is 0 Å². The molecule has 0 aromatic heterocycles. The minimum atomic E-state index is -0.0843. The lowest BCUT2D eigenvalue weighted by molar-refractivity contribution is 0.307. The summed E-state index contributed by atoms with van der Waals surface area (Å²) in [6, 6.07) is 8.71. The number of unbranched alkanes of at least 4 members (excludes halogenated alkanes) is 1. The molecule has 1 aliphatic rings. The Kier molecular flexibility index (Phi) is 7.91. The van der Waals surface area contributed by atoms with Gasteiger partial charge in [-0.25, -0.2) is 0 Å². The fraction of sp³-hybridized carbons (Fsp3) is 0.611. The second kappa shape index (κ2) is 8.97. The van der Waals surface area contributed by atoms with Crippen LogP contribution in [-0.2, 0) is 0 Å². The van der Waals surface area contributed by atoms with Gasteiger partial charge in [-0.15, -0.1) is 0 Å². The second-order valence-electron chi connectivity index (χ2n) is 6.62. The van der Waals surface area contributed by atoms with Crippen LogP contribution < -0.4 is 4.74 Å². The molecule has 2 atom stereocenters. The smallest absolute Gasteiger partial charge is 0.132 e. The van der Waals surface area contributed by atoms with Crippen molar-refractivity contribution in [2.24, 2.45) is 5.41 Å². The van der Waals surface area contributed by atoms with Crippen LogP contribution >= 0.6 is 65.9 Å². The van der Waals surface area contributed by atoms with E-state index in [1.807, 2.05) is 0 Å². The van der Waals surface area contributed by atoms with Crippen molar-refractivity contribution < 1.29 is 4.74 Å². The zero-order chi connectivity index (χ0) is 16.2. The summed E-state index contributed by atoms with van der Waals surface area (Å²) in [7, 11) is 0. The van der Waals surface area contributed by atoms with Gasteiger partial charge in [0.1, 0.15) is 5.75 Å². The quantitative estimate of drug-likeness (QED) is 0.201. The Morgan fingerprint density at radius 3 is 2.45 bits per heavy atom. The monoisotopic (exact) mass is 638 g/mol. The molecular weight excluding hydrogens is 613 g/mol. The fourth-order valence-electron chi connectivity index (χ4n) is 2.65. The number of alkyl halides is 2. The van der Waals surface area contributed by atoms with Crippen molar-refractivity contribution in [3.8, 4) is 5.75 Å². The predicted molar refractivity (Wildman–Crippen MR) is 123 cm³/mol. The van der Waals surface area contributed by atoms with Crippen LogP contribution in [0.5, 0.6) is 5.75 Å². The van der Waals surface area contributed by atoms with E-state index in [1.54, 1.807) is 3.51 Å². The summed E-state index contributed by atoms with van der Waals surface area (Å²) < 4.78 is 10.7. The highest BCUT2D eigenvalue weighted by molar-refractivity contribution is 14.2. The lowest BCUT2D eigenvalue weighted by Gasteiger charge is -2.37. The number of benzene rings is 1. The molecule has 1 nitrogen and oxygen atoms in total. The summed E-state index contributed by atoms with van der Waals surface area (Å²) in [6.07, 6.45) is 4.97. The van der Waals surface area contributed by atoms with Gasteiger partial charge in [0, 0.05) is 11.4 Å². The van der Waals surface area contributed by atoms with Gasteiger partial charge in [-0.2, -0.15) is 0 Å². The van der Waals surface area contributed by atoms with E-state index in [-0.39, 0.29) is 20.7 Å². The zero-order valence-corrected chi connectivity index (χ0v) is 20.0. The molecular formula is C18H25I3O. The maximum Gasteiger partial charge on any atom is 0.132 e. The van der Waals surface area contributed by atoms with Crippen LogP contribution in [0.3, 0.4) is 0 Å². The van der Waals surface area contributed by atoms with Crippen LogP contribution in [0.2, 0.25) is 0 Å². The Labute approximate surface area is 172 Å². The van der Waals surface area contributed by atoms with Crippen molar-refractivity contribution in [2.75, 3.05) is 6.61 Å². The molecule has 0 saturated heterocycles. The largest absolute Gasteiger partial charge is 0.493 e. The molecule has 4 heteroatoms. The maximum atomic E-state index is 6.04. The minimum Gasteiger partial charge on any atom is -0.493 e. The van der Waals surface area contributed by atoms with E-state index in [9.17, 15) is 0 Å². The first-order valence-electron chi connectivity index (χ1n) is 7.94. The Morgan fingerprint density at radius 1 is 1.18 bits per heavy atom. The average Bonchev–Trinajstić information content (AvgIpc) is 2.43. The molecule has 0 heterocycles. The van der Waals surface area contributed by atoms with Crippen LogP contribution in [-0.4, -0.2) is 18.0 Å². The van der Waals surface area contributed by atoms with Gasteiger partial charge >= 0.3 is 0 Å². The van der Waals surface area contributed by atoms with Crippen molar-refractivity contribution in [1.82, 2.24) is 0 Å². The third kappa shape index (κ3) is 5.57. The minimum absolute atomic E-state index is 0.0843. The summed E-state index contributed by atoms with van der Waals surface area (Å²) in [6.45, 7) is 7.90. The van der Waals surface area contributed by atoms with Gasteiger partial charge in [-0.05, 0) is 40.3 Å². The van der Waals surface area contributed by atoms with Gasteiger partial charge in [0.25, 0.3) is 0 Å². The number of halogens is 3. The molecule has 0 bridgehead atoms. The third-order valence-electron chi connectivity index (χ3n) is 3.87. The molecule has 0 aliphatic heterocycles. The molecule has 1 saturated carbocycles. The summed E-state index contributed by atoms with van der Waals surface area (Å²) in [5, 5.41) is 0. The lowest BCUT2D eigenvalue weighted by Crippen LogP contribution is -2.37. The van der Waals surface area contributed by atoms with E-state index in [0.717, 1.165) is 26.6 Å².